The van der Waals surface area contributed by atoms with Crippen LogP contribution >= 0.6 is 38.9 Å². The van der Waals surface area contributed by atoms with E-state index in [1.54, 1.807) is 11.3 Å². The normalized spacial score (nSPS) is 12.6. The van der Waals surface area contributed by atoms with Crippen LogP contribution in [0.25, 0.3) is 0 Å². The zero-order valence-corrected chi connectivity index (χ0v) is 14.3. The van der Waals surface area contributed by atoms with E-state index >= 15 is 0 Å². The fraction of sp³-hybridized carbons (Fsp3) is 0.333. The van der Waals surface area contributed by atoms with Crippen molar-refractivity contribution in [3.8, 4) is 0 Å². The van der Waals surface area contributed by atoms with Crippen molar-refractivity contribution in [1.82, 2.24) is 5.32 Å². The highest BCUT2D eigenvalue weighted by Crippen LogP contribution is 2.28. The van der Waals surface area contributed by atoms with Crippen molar-refractivity contribution in [2.75, 3.05) is 6.54 Å². The zero-order chi connectivity index (χ0) is 14.5. The van der Waals surface area contributed by atoms with Gasteiger partial charge in [-0.3, -0.25) is 0 Å². The number of benzene rings is 1. The lowest BCUT2D eigenvalue weighted by atomic mass is 10.0. The van der Waals surface area contributed by atoms with Gasteiger partial charge in [0.15, 0.2) is 0 Å². The topological polar surface area (TPSA) is 12.0 Å². The minimum atomic E-state index is -0.185. The fourth-order valence-electron chi connectivity index (χ4n) is 2.06. The van der Waals surface area contributed by atoms with Crippen LogP contribution in [0.5, 0.6) is 0 Å². The van der Waals surface area contributed by atoms with E-state index in [2.05, 4.69) is 28.2 Å². The number of rotatable bonds is 6. The molecule has 1 nitrogen and oxygen atoms in total. The summed E-state index contributed by atoms with van der Waals surface area (Å²) in [7, 11) is 0. The maximum absolute atomic E-state index is 14.1. The lowest BCUT2D eigenvalue weighted by molar-refractivity contribution is 0.499. The van der Waals surface area contributed by atoms with Gasteiger partial charge in [0.2, 0.25) is 0 Å². The van der Waals surface area contributed by atoms with E-state index in [1.165, 1.54) is 6.07 Å². The first-order valence-corrected chi connectivity index (χ1v) is 8.51. The van der Waals surface area contributed by atoms with Gasteiger partial charge in [0.25, 0.3) is 0 Å². The molecule has 0 aliphatic rings. The number of hydrogen-bond acceptors (Lipinski definition) is 2. The Morgan fingerprint density at radius 2 is 2.15 bits per heavy atom. The van der Waals surface area contributed by atoms with Gasteiger partial charge in [0.1, 0.15) is 5.82 Å². The van der Waals surface area contributed by atoms with Gasteiger partial charge in [-0.05, 0) is 37.2 Å². The highest BCUT2D eigenvalue weighted by atomic mass is 79.9. The van der Waals surface area contributed by atoms with Crippen molar-refractivity contribution in [3.05, 3.63) is 55.4 Å². The number of nitrogens with one attached hydrogen (secondary N) is 1. The van der Waals surface area contributed by atoms with E-state index in [1.807, 2.05) is 24.3 Å². The van der Waals surface area contributed by atoms with Crippen molar-refractivity contribution < 1.29 is 4.39 Å². The standard InChI is InChI=1S/C15H16BrClFNS/c1-2-7-19-14(9-11-4-6-15(17)20-11)12-5-3-10(16)8-13(12)18/h3-6,8,14,19H,2,7,9H2,1H3. The van der Waals surface area contributed by atoms with Gasteiger partial charge in [0.05, 0.1) is 4.34 Å². The highest BCUT2D eigenvalue weighted by molar-refractivity contribution is 9.10. The lowest BCUT2D eigenvalue weighted by Gasteiger charge is -2.19. The highest BCUT2D eigenvalue weighted by Gasteiger charge is 2.17. The van der Waals surface area contributed by atoms with Crippen LogP contribution in [-0.2, 0) is 6.42 Å². The molecule has 0 saturated heterocycles. The van der Waals surface area contributed by atoms with Crippen LogP contribution in [0.1, 0.15) is 29.8 Å². The molecule has 0 amide bonds. The molecule has 1 N–H and O–H groups in total. The number of thiophene rings is 1. The van der Waals surface area contributed by atoms with Crippen LogP contribution < -0.4 is 5.32 Å². The summed E-state index contributed by atoms with van der Waals surface area (Å²) in [5.41, 5.74) is 0.700. The van der Waals surface area contributed by atoms with Crippen LogP contribution in [0.3, 0.4) is 0 Å². The first-order valence-electron chi connectivity index (χ1n) is 6.52. The maximum atomic E-state index is 14.1. The molecule has 108 valence electrons. The zero-order valence-electron chi connectivity index (χ0n) is 11.1. The van der Waals surface area contributed by atoms with E-state index in [-0.39, 0.29) is 11.9 Å². The predicted molar refractivity (Wildman–Crippen MR) is 88.2 cm³/mol. The van der Waals surface area contributed by atoms with Crippen molar-refractivity contribution >= 4 is 38.9 Å². The van der Waals surface area contributed by atoms with E-state index < -0.39 is 0 Å². The second-order valence-electron chi connectivity index (χ2n) is 4.58. The molecule has 2 aromatic rings. The summed E-state index contributed by atoms with van der Waals surface area (Å²) >= 11 is 10.8. The second kappa shape index (κ2) is 7.55. The van der Waals surface area contributed by atoms with Gasteiger partial charge in [-0.25, -0.2) is 4.39 Å². The first-order chi connectivity index (χ1) is 9.60. The lowest BCUT2D eigenvalue weighted by Crippen LogP contribution is -2.24. The van der Waals surface area contributed by atoms with Crippen LogP contribution in [0.2, 0.25) is 4.34 Å². The fourth-order valence-corrected chi connectivity index (χ4v) is 3.52. The molecule has 0 bridgehead atoms. The minimum Gasteiger partial charge on any atom is -0.310 e. The molecule has 0 radical (unpaired) electrons. The molecule has 1 heterocycles. The Labute approximate surface area is 136 Å². The van der Waals surface area contributed by atoms with E-state index in [9.17, 15) is 4.39 Å². The Morgan fingerprint density at radius 3 is 2.75 bits per heavy atom. The van der Waals surface area contributed by atoms with Crippen LogP contribution in [0.15, 0.2) is 34.8 Å². The molecule has 2 rings (SSSR count). The molecular formula is C15H16BrClFNS. The first kappa shape index (κ1) is 16.0. The Morgan fingerprint density at radius 1 is 1.35 bits per heavy atom. The quantitative estimate of drug-likeness (QED) is 0.693. The maximum Gasteiger partial charge on any atom is 0.129 e. The van der Waals surface area contributed by atoms with Gasteiger partial charge in [-0.1, -0.05) is 40.5 Å². The SMILES string of the molecule is CCCNC(Cc1ccc(Cl)s1)c1ccc(Br)cc1F. The Balaban J connectivity index is 2.22. The monoisotopic (exact) mass is 375 g/mol. The molecule has 0 saturated carbocycles. The third-order valence-corrected chi connectivity index (χ3v) is 4.76. The van der Waals surface area contributed by atoms with Gasteiger partial charge in [0, 0.05) is 27.4 Å². The summed E-state index contributed by atoms with van der Waals surface area (Å²) in [5, 5.41) is 3.41. The smallest absolute Gasteiger partial charge is 0.129 e. The van der Waals surface area contributed by atoms with Crippen molar-refractivity contribution in [2.24, 2.45) is 0 Å². The summed E-state index contributed by atoms with van der Waals surface area (Å²) in [4.78, 5) is 1.16. The number of hydrogen-bond donors (Lipinski definition) is 1. The third-order valence-electron chi connectivity index (χ3n) is 3.01. The second-order valence-corrected chi connectivity index (χ2v) is 7.30. The predicted octanol–water partition coefficient (Wildman–Crippen LogP) is 5.59. The summed E-state index contributed by atoms with van der Waals surface area (Å²) in [5.74, 6) is -0.185. The van der Waals surface area contributed by atoms with Crippen molar-refractivity contribution in [2.45, 2.75) is 25.8 Å². The molecule has 1 aromatic carbocycles. The summed E-state index contributed by atoms with van der Waals surface area (Å²) in [6.45, 7) is 2.96. The van der Waals surface area contributed by atoms with Gasteiger partial charge >= 0.3 is 0 Å². The number of halogens is 3. The summed E-state index contributed by atoms with van der Waals surface area (Å²) < 4.78 is 15.7. The van der Waals surface area contributed by atoms with Crippen LogP contribution in [0.4, 0.5) is 4.39 Å². The molecule has 1 unspecified atom stereocenters. The van der Waals surface area contributed by atoms with E-state index in [0.29, 0.717) is 5.56 Å². The molecule has 0 aliphatic carbocycles. The molecular weight excluding hydrogens is 361 g/mol. The summed E-state index contributed by atoms with van der Waals surface area (Å²) in [6, 6.07) is 9.08. The van der Waals surface area contributed by atoms with Crippen molar-refractivity contribution in [1.29, 1.82) is 0 Å². The van der Waals surface area contributed by atoms with Gasteiger partial charge < -0.3 is 5.32 Å². The molecule has 1 atom stereocenters. The summed E-state index contributed by atoms with van der Waals surface area (Å²) in [6.07, 6.45) is 1.76. The Kier molecular flexibility index (Phi) is 6.02. The van der Waals surface area contributed by atoms with Gasteiger partial charge in [-0.2, -0.15) is 0 Å². The molecule has 0 aliphatic heterocycles. The molecule has 0 fully saturated rings. The largest absolute Gasteiger partial charge is 0.310 e. The molecule has 20 heavy (non-hydrogen) atoms. The van der Waals surface area contributed by atoms with Crippen molar-refractivity contribution in [3.63, 3.8) is 0 Å². The molecule has 1 aromatic heterocycles. The Bertz CT molecular complexity index is 573. The molecule has 0 spiro atoms. The molecule has 5 heteroatoms. The van der Waals surface area contributed by atoms with Crippen LogP contribution in [0, 0.1) is 5.82 Å². The third kappa shape index (κ3) is 4.29. The minimum absolute atomic E-state index is 0.0298. The Hall–Kier alpha value is -0.420. The van der Waals surface area contributed by atoms with Gasteiger partial charge in [-0.15, -0.1) is 11.3 Å². The van der Waals surface area contributed by atoms with E-state index in [0.717, 1.165) is 33.1 Å². The van der Waals surface area contributed by atoms with E-state index in [4.69, 9.17) is 11.6 Å². The average molecular weight is 377 g/mol. The van der Waals surface area contributed by atoms with Crippen LogP contribution in [-0.4, -0.2) is 6.54 Å². The average Bonchev–Trinajstić information content (AvgIpc) is 2.80.